The van der Waals surface area contributed by atoms with Gasteiger partial charge in [0.1, 0.15) is 0 Å². The normalized spacial score (nSPS) is 23.2. The molecule has 0 unspecified atom stereocenters. The number of hydrogen-bond donors (Lipinski definition) is 2. The Balaban J connectivity index is 1.79. The second-order valence-corrected chi connectivity index (χ2v) is 6.37. The van der Waals surface area contributed by atoms with Gasteiger partial charge in [0.15, 0.2) is 0 Å². The number of fused-ring (bicyclic) bond motifs is 1. The zero-order chi connectivity index (χ0) is 14.8. The van der Waals surface area contributed by atoms with Crippen molar-refractivity contribution >= 4 is 43.5 Å². The quantitative estimate of drug-likeness (QED) is 0.832. The number of carboxylic acid groups (broad SMARTS) is 1. The van der Waals surface area contributed by atoms with E-state index in [1.54, 1.807) is 6.07 Å². The molecule has 1 amide bonds. The Morgan fingerprint density at radius 2 is 1.95 bits per heavy atom. The number of benzene rings is 1. The van der Waals surface area contributed by atoms with Crippen LogP contribution in [0.5, 0.6) is 0 Å². The van der Waals surface area contributed by atoms with Crippen LogP contribution in [0.15, 0.2) is 26.1 Å². The summed E-state index contributed by atoms with van der Waals surface area (Å²) in [6.07, 6.45) is 2.97. The molecule has 0 aromatic heterocycles. The summed E-state index contributed by atoms with van der Waals surface area (Å²) in [5.41, 5.74) is 2.15. The van der Waals surface area contributed by atoms with E-state index in [2.05, 4.69) is 13.2 Å². The van der Waals surface area contributed by atoms with E-state index in [-0.39, 0.29) is 20.5 Å². The van der Waals surface area contributed by atoms with Crippen LogP contribution in [0.25, 0.3) is 0 Å². The van der Waals surface area contributed by atoms with E-state index < -0.39 is 17.8 Å². The Kier molecular flexibility index (Phi) is 4.03. The molecular formula is C14H15N3O3Se. The Labute approximate surface area is 127 Å². The summed E-state index contributed by atoms with van der Waals surface area (Å²) in [6, 6.07) is 5.48. The van der Waals surface area contributed by atoms with Gasteiger partial charge in [-0.2, -0.15) is 0 Å². The Bertz CT molecular complexity index is 667. The second kappa shape index (κ2) is 5.95. The van der Waals surface area contributed by atoms with Crippen LogP contribution in [0.1, 0.15) is 25.7 Å². The van der Waals surface area contributed by atoms with Crippen molar-refractivity contribution in [2.75, 3.05) is 5.32 Å². The topological polar surface area (TPSA) is 91.1 Å². The fraction of sp³-hybridized carbons (Fsp3) is 0.429. The third-order valence-electron chi connectivity index (χ3n) is 3.96. The number of carbonyl (C=O) groups excluding carboxylic acids is 1. The summed E-state index contributed by atoms with van der Waals surface area (Å²) in [4.78, 5) is 23.7. The number of nitrogens with one attached hydrogen (secondary N) is 1. The molecule has 0 radical (unpaired) electrons. The fourth-order valence-electron chi connectivity index (χ4n) is 2.87. The molecule has 3 rings (SSSR count). The summed E-state index contributed by atoms with van der Waals surface area (Å²) in [6.45, 7) is 0. The van der Waals surface area contributed by atoms with Gasteiger partial charge < -0.3 is 0 Å². The molecule has 6 nitrogen and oxygen atoms in total. The van der Waals surface area contributed by atoms with Gasteiger partial charge >= 0.3 is 127 Å². The molecule has 1 heterocycles. The summed E-state index contributed by atoms with van der Waals surface area (Å²) in [5.74, 6) is -2.14. The van der Waals surface area contributed by atoms with Crippen LogP contribution >= 0.6 is 0 Å². The van der Waals surface area contributed by atoms with Crippen LogP contribution in [-0.2, 0) is 9.59 Å². The van der Waals surface area contributed by atoms with Crippen molar-refractivity contribution in [1.29, 1.82) is 0 Å². The number of nitrogens with zero attached hydrogens (tertiary/aromatic N) is 2. The predicted molar refractivity (Wildman–Crippen MR) is 78.1 cm³/mol. The molecule has 2 N–H and O–H groups in total. The molecule has 1 fully saturated rings. The van der Waals surface area contributed by atoms with Gasteiger partial charge in [-0.05, 0) is 0 Å². The molecule has 1 aliphatic heterocycles. The number of amides is 1. The van der Waals surface area contributed by atoms with E-state index in [1.165, 1.54) is 0 Å². The summed E-state index contributed by atoms with van der Waals surface area (Å²) >= 11 is -0.155. The molecule has 0 bridgehead atoms. The molecule has 1 aliphatic carbocycles. The number of anilines is 1. The van der Waals surface area contributed by atoms with Crippen molar-refractivity contribution in [3.05, 3.63) is 18.2 Å². The summed E-state index contributed by atoms with van der Waals surface area (Å²) in [7, 11) is 0. The standard InChI is InChI=1S/C14H15N3O3Se/c18-13(8-4-1-2-5-9(8)14(19)20)15-10-6-3-7-11-12(10)17-21-16-11/h3,6-9H,1-2,4-5H2,(H,15,18)(H,19,20)/t8-,9+/m1/s1. The van der Waals surface area contributed by atoms with Gasteiger partial charge in [0.25, 0.3) is 0 Å². The predicted octanol–water partition coefficient (Wildman–Crippen LogP) is 2.86. The number of aliphatic carboxylic acids is 1. The number of hydrogen-bond acceptors (Lipinski definition) is 4. The Morgan fingerprint density at radius 1 is 1.19 bits per heavy atom. The SMILES string of the molecule is O=C(O)[C@H]1CCCC[C@H]1C(=O)Nc1cccc2c1N=[Se]=N2. The summed E-state index contributed by atoms with van der Waals surface area (Å²) < 4.78 is 8.59. The minimum absolute atomic E-state index is 0.155. The molecule has 1 aromatic rings. The van der Waals surface area contributed by atoms with Crippen LogP contribution in [-0.4, -0.2) is 31.6 Å². The average molecular weight is 352 g/mol. The van der Waals surface area contributed by atoms with Crippen molar-refractivity contribution in [2.45, 2.75) is 25.7 Å². The summed E-state index contributed by atoms with van der Waals surface area (Å²) in [5, 5.41) is 12.1. The van der Waals surface area contributed by atoms with E-state index >= 15 is 0 Å². The number of rotatable bonds is 3. The maximum absolute atomic E-state index is 12.4. The van der Waals surface area contributed by atoms with Gasteiger partial charge in [0.05, 0.1) is 0 Å². The van der Waals surface area contributed by atoms with Crippen molar-refractivity contribution in [1.82, 2.24) is 0 Å². The van der Waals surface area contributed by atoms with Crippen LogP contribution in [0, 0.1) is 11.8 Å². The molecule has 0 spiro atoms. The van der Waals surface area contributed by atoms with Crippen LogP contribution in [0.4, 0.5) is 17.1 Å². The molecule has 1 saturated carbocycles. The molecule has 7 heteroatoms. The van der Waals surface area contributed by atoms with E-state index in [9.17, 15) is 14.7 Å². The third-order valence-corrected chi connectivity index (χ3v) is 5.10. The van der Waals surface area contributed by atoms with E-state index in [1.807, 2.05) is 12.1 Å². The molecule has 0 saturated heterocycles. The Hall–Kier alpha value is -1.72. The third kappa shape index (κ3) is 2.84. The first-order valence-corrected chi connectivity index (χ1v) is 8.45. The zero-order valence-electron chi connectivity index (χ0n) is 11.3. The maximum atomic E-state index is 12.4. The van der Waals surface area contributed by atoms with Crippen molar-refractivity contribution in [3.63, 3.8) is 0 Å². The van der Waals surface area contributed by atoms with E-state index in [4.69, 9.17) is 0 Å². The molecule has 2 aliphatic rings. The van der Waals surface area contributed by atoms with Crippen LogP contribution < -0.4 is 5.32 Å². The van der Waals surface area contributed by atoms with Crippen molar-refractivity contribution in [2.24, 2.45) is 19.8 Å². The molecule has 1 aromatic carbocycles. The minimum atomic E-state index is -0.879. The fourth-order valence-corrected chi connectivity index (χ4v) is 4.03. The monoisotopic (exact) mass is 353 g/mol. The van der Waals surface area contributed by atoms with Crippen molar-refractivity contribution in [3.8, 4) is 0 Å². The van der Waals surface area contributed by atoms with Gasteiger partial charge in [-0.25, -0.2) is 0 Å². The molecule has 2 atom stereocenters. The van der Waals surface area contributed by atoms with Crippen LogP contribution in [0.3, 0.4) is 0 Å². The van der Waals surface area contributed by atoms with Crippen LogP contribution in [0.2, 0.25) is 0 Å². The molecule has 110 valence electrons. The number of carbonyl (C=O) groups is 2. The van der Waals surface area contributed by atoms with Crippen molar-refractivity contribution < 1.29 is 14.7 Å². The first kappa shape index (κ1) is 14.2. The van der Waals surface area contributed by atoms with Gasteiger partial charge in [-0.15, -0.1) is 0 Å². The second-order valence-electron chi connectivity index (χ2n) is 5.26. The number of carboxylic acids is 1. The zero-order valence-corrected chi connectivity index (χ0v) is 13.0. The van der Waals surface area contributed by atoms with E-state index in [0.717, 1.165) is 18.5 Å². The van der Waals surface area contributed by atoms with Gasteiger partial charge in [-0.3, -0.25) is 0 Å². The van der Waals surface area contributed by atoms with E-state index in [0.29, 0.717) is 24.2 Å². The van der Waals surface area contributed by atoms with Gasteiger partial charge in [0.2, 0.25) is 0 Å². The Morgan fingerprint density at radius 3 is 2.71 bits per heavy atom. The van der Waals surface area contributed by atoms with Gasteiger partial charge in [-0.1, -0.05) is 0 Å². The first-order chi connectivity index (χ1) is 10.2. The first-order valence-electron chi connectivity index (χ1n) is 6.92. The van der Waals surface area contributed by atoms with Gasteiger partial charge in [0, 0.05) is 0 Å². The molecular weight excluding hydrogens is 337 g/mol. The average Bonchev–Trinajstić information content (AvgIpc) is 2.96. The molecule has 21 heavy (non-hydrogen) atoms.